The molecule has 0 aliphatic carbocycles. The number of nitrogens with zero attached hydrogens (tertiary/aromatic N) is 3. The Balaban J connectivity index is 1.17. The van der Waals surface area contributed by atoms with Crippen LogP contribution < -0.4 is 5.32 Å². The topological polar surface area (TPSA) is 71.3 Å². The number of carbonyl (C=O) groups excluding carboxylic acids is 1. The molecule has 0 saturated carbocycles. The van der Waals surface area contributed by atoms with Crippen LogP contribution in [0.2, 0.25) is 0 Å². The van der Waals surface area contributed by atoms with Gasteiger partial charge in [0.15, 0.2) is 0 Å². The van der Waals surface area contributed by atoms with Crippen LogP contribution in [-0.4, -0.2) is 34.0 Å². The molecule has 5 rings (SSSR count). The van der Waals surface area contributed by atoms with Gasteiger partial charge in [0.05, 0.1) is 12.6 Å². The summed E-state index contributed by atoms with van der Waals surface area (Å²) >= 11 is 0. The summed E-state index contributed by atoms with van der Waals surface area (Å²) in [6.07, 6.45) is 1.60. The number of piperidine rings is 1. The molecule has 6 heteroatoms. The summed E-state index contributed by atoms with van der Waals surface area (Å²) in [5, 5.41) is 7.55. The van der Waals surface area contributed by atoms with Gasteiger partial charge in [-0.3, -0.25) is 9.69 Å². The van der Waals surface area contributed by atoms with E-state index in [2.05, 4.69) is 109 Å². The van der Waals surface area contributed by atoms with Crippen molar-refractivity contribution >= 4 is 5.91 Å². The van der Waals surface area contributed by atoms with Crippen LogP contribution >= 0.6 is 0 Å². The highest BCUT2D eigenvalue weighted by atomic mass is 16.5. The van der Waals surface area contributed by atoms with Gasteiger partial charge in [0.25, 0.3) is 0 Å². The van der Waals surface area contributed by atoms with E-state index in [0.29, 0.717) is 18.3 Å². The molecule has 1 atom stereocenters. The van der Waals surface area contributed by atoms with E-state index in [1.54, 1.807) is 0 Å². The van der Waals surface area contributed by atoms with Crippen molar-refractivity contribution in [1.29, 1.82) is 0 Å². The van der Waals surface area contributed by atoms with Crippen LogP contribution in [0.5, 0.6) is 0 Å². The Labute approximate surface area is 231 Å². The molecule has 1 unspecified atom stereocenters. The first kappa shape index (κ1) is 26.8. The third-order valence-corrected chi connectivity index (χ3v) is 7.62. The van der Waals surface area contributed by atoms with Crippen molar-refractivity contribution in [3.8, 4) is 11.4 Å². The number of hydrogen-bond acceptors (Lipinski definition) is 5. The molecule has 1 aliphatic heterocycles. The second kappa shape index (κ2) is 11.5. The molecule has 1 amide bonds. The fourth-order valence-corrected chi connectivity index (χ4v) is 5.12. The van der Waals surface area contributed by atoms with Crippen LogP contribution in [0.3, 0.4) is 0 Å². The molecular weight excluding hydrogens is 484 g/mol. The number of aryl methyl sites for hydroxylation is 1. The Bertz CT molecular complexity index is 1360. The van der Waals surface area contributed by atoms with Gasteiger partial charge >= 0.3 is 0 Å². The molecule has 0 bridgehead atoms. The van der Waals surface area contributed by atoms with E-state index in [0.717, 1.165) is 42.6 Å². The van der Waals surface area contributed by atoms with E-state index in [-0.39, 0.29) is 23.3 Å². The normalized spacial score (nSPS) is 15.7. The number of hydrogen-bond donors (Lipinski definition) is 1. The van der Waals surface area contributed by atoms with E-state index in [1.807, 2.05) is 18.2 Å². The first-order valence-corrected chi connectivity index (χ1v) is 13.8. The molecule has 1 aliphatic rings. The van der Waals surface area contributed by atoms with Crippen molar-refractivity contribution in [2.45, 2.75) is 58.5 Å². The molecule has 3 aromatic carbocycles. The molecule has 1 saturated heterocycles. The van der Waals surface area contributed by atoms with Gasteiger partial charge in [0, 0.05) is 11.5 Å². The Morgan fingerprint density at radius 2 is 1.59 bits per heavy atom. The van der Waals surface area contributed by atoms with Crippen LogP contribution in [0.4, 0.5) is 0 Å². The molecule has 1 aromatic heterocycles. The summed E-state index contributed by atoms with van der Waals surface area (Å²) in [5.74, 6) is 1.32. The highest BCUT2D eigenvalue weighted by molar-refractivity contribution is 5.79. The van der Waals surface area contributed by atoms with Crippen molar-refractivity contribution < 1.29 is 9.32 Å². The van der Waals surface area contributed by atoms with Crippen LogP contribution in [0, 0.1) is 12.8 Å². The van der Waals surface area contributed by atoms with Gasteiger partial charge < -0.3 is 9.84 Å². The third-order valence-electron chi connectivity index (χ3n) is 7.62. The van der Waals surface area contributed by atoms with E-state index < -0.39 is 0 Å². The zero-order valence-corrected chi connectivity index (χ0v) is 23.4. The van der Waals surface area contributed by atoms with Crippen LogP contribution in [0.1, 0.15) is 67.8 Å². The molecule has 6 nitrogen and oxygen atoms in total. The Morgan fingerprint density at radius 1 is 0.949 bits per heavy atom. The summed E-state index contributed by atoms with van der Waals surface area (Å²) in [5.41, 5.74) is 5.72. The van der Waals surface area contributed by atoms with Gasteiger partial charge in [-0.15, -0.1) is 0 Å². The van der Waals surface area contributed by atoms with Gasteiger partial charge in [-0.1, -0.05) is 110 Å². The quantitative estimate of drug-likeness (QED) is 0.302. The largest absolute Gasteiger partial charge is 0.345 e. The Hall–Kier alpha value is -3.77. The maximum Gasteiger partial charge on any atom is 0.241 e. The van der Waals surface area contributed by atoms with Crippen molar-refractivity contribution in [2.75, 3.05) is 13.1 Å². The molecule has 1 N–H and O–H groups in total. The minimum absolute atomic E-state index is 0.0162. The Morgan fingerprint density at radius 3 is 2.23 bits per heavy atom. The maximum atomic E-state index is 13.4. The predicted molar refractivity (Wildman–Crippen MR) is 154 cm³/mol. The smallest absolute Gasteiger partial charge is 0.241 e. The molecular formula is C33H38N4O2. The molecule has 4 aromatic rings. The maximum absolute atomic E-state index is 13.4. The van der Waals surface area contributed by atoms with Crippen molar-refractivity contribution in [3.05, 3.63) is 107 Å². The minimum atomic E-state index is -0.161. The summed E-state index contributed by atoms with van der Waals surface area (Å²) in [6.45, 7) is 10.9. The lowest BCUT2D eigenvalue weighted by Gasteiger charge is -2.31. The number of rotatable bonds is 7. The van der Waals surface area contributed by atoms with E-state index in [9.17, 15) is 4.79 Å². The second-order valence-corrected chi connectivity index (χ2v) is 11.7. The number of nitrogens with one attached hydrogen (secondary N) is 1. The highest BCUT2D eigenvalue weighted by Gasteiger charge is 2.28. The molecule has 0 spiro atoms. The van der Waals surface area contributed by atoms with Crippen LogP contribution in [0.15, 0.2) is 83.4 Å². The van der Waals surface area contributed by atoms with E-state index in [1.165, 1.54) is 11.1 Å². The zero-order chi connectivity index (χ0) is 27.4. The Kier molecular flexibility index (Phi) is 7.94. The summed E-state index contributed by atoms with van der Waals surface area (Å²) in [4.78, 5) is 20.3. The number of likely N-dealkylation sites (tertiary alicyclic amines) is 1. The predicted octanol–water partition coefficient (Wildman–Crippen LogP) is 6.46. The summed E-state index contributed by atoms with van der Waals surface area (Å²) in [6, 6.07) is 26.8. The lowest BCUT2D eigenvalue weighted by Crippen LogP contribution is -2.41. The number of amides is 1. The van der Waals surface area contributed by atoms with Crippen LogP contribution in [0.25, 0.3) is 11.4 Å². The van der Waals surface area contributed by atoms with Gasteiger partial charge in [-0.25, -0.2) is 0 Å². The monoisotopic (exact) mass is 522 g/mol. The average Bonchev–Trinajstić information content (AvgIpc) is 3.41. The first-order chi connectivity index (χ1) is 18.8. The van der Waals surface area contributed by atoms with Gasteiger partial charge in [0.1, 0.15) is 0 Å². The molecule has 2 heterocycles. The average molecular weight is 523 g/mol. The lowest BCUT2D eigenvalue weighted by molar-refractivity contribution is -0.127. The standard InChI is InChI=1S/C33H38N4O2/c1-23-10-12-25(13-11-23)30(24-8-6-5-7-9-24)35-32(38)27-18-20-37(21-19-27)22-29-34-31(36-39-29)26-14-16-28(17-15-26)33(2,3)4/h5-17,27,30H,18-22H2,1-4H3,(H,35,38). The fraction of sp³-hybridized carbons (Fsp3) is 0.364. The van der Waals surface area contributed by atoms with Gasteiger partial charge in [-0.05, 0) is 55.0 Å². The van der Waals surface area contributed by atoms with Crippen molar-refractivity contribution in [1.82, 2.24) is 20.4 Å². The number of carbonyl (C=O) groups is 1. The number of benzene rings is 3. The van der Waals surface area contributed by atoms with Crippen molar-refractivity contribution in [2.24, 2.45) is 5.92 Å². The first-order valence-electron chi connectivity index (χ1n) is 13.8. The molecule has 1 fully saturated rings. The molecule has 202 valence electrons. The van der Waals surface area contributed by atoms with Gasteiger partial charge in [-0.2, -0.15) is 4.98 Å². The highest BCUT2D eigenvalue weighted by Crippen LogP contribution is 2.27. The third kappa shape index (κ3) is 6.63. The second-order valence-electron chi connectivity index (χ2n) is 11.7. The number of aromatic nitrogens is 2. The molecule has 39 heavy (non-hydrogen) atoms. The summed E-state index contributed by atoms with van der Waals surface area (Å²) in [7, 11) is 0. The molecule has 0 radical (unpaired) electrons. The summed E-state index contributed by atoms with van der Waals surface area (Å²) < 4.78 is 5.57. The van der Waals surface area contributed by atoms with Crippen LogP contribution in [-0.2, 0) is 16.8 Å². The van der Waals surface area contributed by atoms with Gasteiger partial charge in [0.2, 0.25) is 17.6 Å². The minimum Gasteiger partial charge on any atom is -0.345 e. The fourth-order valence-electron chi connectivity index (χ4n) is 5.12. The lowest BCUT2D eigenvalue weighted by atomic mass is 9.87. The zero-order valence-electron chi connectivity index (χ0n) is 23.4. The SMILES string of the molecule is Cc1ccc(C(NC(=O)C2CCN(Cc3nc(-c4ccc(C(C)(C)C)cc4)no3)CC2)c2ccccc2)cc1. The van der Waals surface area contributed by atoms with E-state index >= 15 is 0 Å². The van der Waals surface area contributed by atoms with E-state index in [4.69, 9.17) is 4.52 Å². The van der Waals surface area contributed by atoms with Crippen molar-refractivity contribution in [3.63, 3.8) is 0 Å².